The number of amides is 2. The second kappa shape index (κ2) is 5.71. The summed E-state index contributed by atoms with van der Waals surface area (Å²) >= 11 is 0. The summed E-state index contributed by atoms with van der Waals surface area (Å²) in [5.41, 5.74) is 3.68. The molecular weight excluding hydrogens is 340 g/mol. The summed E-state index contributed by atoms with van der Waals surface area (Å²) < 4.78 is 5.26. The minimum Gasteiger partial charge on any atom is -0.497 e. The summed E-state index contributed by atoms with van der Waals surface area (Å²) in [5.74, 6) is -0.184. The van der Waals surface area contributed by atoms with Gasteiger partial charge in [0.15, 0.2) is 0 Å². The zero-order valence-electron chi connectivity index (χ0n) is 15.2. The molecule has 1 fully saturated rings. The fourth-order valence-corrected chi connectivity index (χ4v) is 4.75. The largest absolute Gasteiger partial charge is 0.497 e. The average molecular weight is 360 g/mol. The van der Waals surface area contributed by atoms with Gasteiger partial charge in [-0.3, -0.25) is 9.59 Å². The van der Waals surface area contributed by atoms with Crippen LogP contribution in [-0.2, 0) is 9.59 Å². The number of aromatic nitrogens is 1. The maximum atomic E-state index is 13.3. The van der Waals surface area contributed by atoms with Crippen molar-refractivity contribution in [3.63, 3.8) is 0 Å². The molecule has 1 N–H and O–H groups in total. The lowest BCUT2D eigenvalue weighted by molar-refractivity contribution is -0.122. The molecule has 1 aliphatic heterocycles. The fraction of sp³-hybridized carbons (Fsp3) is 0.273. The molecule has 1 saturated heterocycles. The van der Waals surface area contributed by atoms with Crippen molar-refractivity contribution in [2.75, 3.05) is 12.0 Å². The summed E-state index contributed by atoms with van der Waals surface area (Å²) in [6, 6.07) is 15.2. The average Bonchev–Trinajstić information content (AvgIpc) is 3.18. The molecule has 3 atom stereocenters. The second-order valence-electron chi connectivity index (χ2n) is 7.43. The SMILES string of the molecule is COc1cccc(N2C(=O)[C@H]3CC(C)c4c([nH]c5ccccc45)[C@H]3C2=O)c1. The maximum Gasteiger partial charge on any atom is 0.243 e. The molecule has 136 valence electrons. The molecule has 5 heteroatoms. The number of H-pyrrole nitrogens is 1. The lowest BCUT2D eigenvalue weighted by Gasteiger charge is -2.27. The molecule has 2 aromatic carbocycles. The molecule has 0 saturated carbocycles. The van der Waals surface area contributed by atoms with Gasteiger partial charge in [0.1, 0.15) is 5.75 Å². The minimum absolute atomic E-state index is 0.116. The molecule has 0 bridgehead atoms. The predicted molar refractivity (Wildman–Crippen MR) is 103 cm³/mol. The van der Waals surface area contributed by atoms with Gasteiger partial charge in [-0.1, -0.05) is 31.2 Å². The van der Waals surface area contributed by atoms with E-state index < -0.39 is 5.92 Å². The van der Waals surface area contributed by atoms with Crippen LogP contribution in [0.1, 0.15) is 36.4 Å². The molecule has 2 heterocycles. The third kappa shape index (κ3) is 2.17. The van der Waals surface area contributed by atoms with E-state index in [2.05, 4.69) is 18.0 Å². The molecule has 0 radical (unpaired) electrons. The lowest BCUT2D eigenvalue weighted by Crippen LogP contribution is -2.30. The monoisotopic (exact) mass is 360 g/mol. The van der Waals surface area contributed by atoms with Gasteiger partial charge in [0.2, 0.25) is 11.8 Å². The van der Waals surface area contributed by atoms with Gasteiger partial charge < -0.3 is 9.72 Å². The first kappa shape index (κ1) is 16.1. The number of para-hydroxylation sites is 1. The van der Waals surface area contributed by atoms with Gasteiger partial charge in [0.25, 0.3) is 0 Å². The third-order valence-electron chi connectivity index (χ3n) is 5.93. The predicted octanol–water partition coefficient (Wildman–Crippen LogP) is 3.96. The van der Waals surface area contributed by atoms with E-state index in [1.54, 1.807) is 31.4 Å². The molecule has 1 aliphatic carbocycles. The van der Waals surface area contributed by atoms with Crippen molar-refractivity contribution in [2.24, 2.45) is 5.92 Å². The first-order chi connectivity index (χ1) is 13.1. The van der Waals surface area contributed by atoms with E-state index in [4.69, 9.17) is 4.74 Å². The van der Waals surface area contributed by atoms with Gasteiger partial charge in [0.05, 0.1) is 24.6 Å². The Morgan fingerprint density at radius 2 is 1.89 bits per heavy atom. The number of aromatic amines is 1. The summed E-state index contributed by atoms with van der Waals surface area (Å²) in [6.07, 6.45) is 0.685. The van der Waals surface area contributed by atoms with Crippen LogP contribution in [0, 0.1) is 5.92 Å². The van der Waals surface area contributed by atoms with E-state index in [-0.39, 0.29) is 23.7 Å². The Labute approximate surface area is 156 Å². The number of methoxy groups -OCH3 is 1. The number of imide groups is 1. The van der Waals surface area contributed by atoms with Crippen LogP contribution in [0.2, 0.25) is 0 Å². The standard InChI is InChI=1S/C22H20N2O3/c1-12-10-16-19(20-18(12)15-8-3-4-9-17(15)23-20)22(26)24(21(16)25)13-6-5-7-14(11-13)27-2/h3-9,11-12,16,19,23H,10H2,1-2H3/t12?,16-,19-/m0/s1. The highest BCUT2D eigenvalue weighted by Crippen LogP contribution is 2.50. The first-order valence-electron chi connectivity index (χ1n) is 9.22. The van der Waals surface area contributed by atoms with Crippen LogP contribution in [0.4, 0.5) is 5.69 Å². The number of carbonyl (C=O) groups excluding carboxylic acids is 2. The van der Waals surface area contributed by atoms with E-state index in [9.17, 15) is 9.59 Å². The van der Waals surface area contributed by atoms with Crippen LogP contribution in [-0.4, -0.2) is 23.9 Å². The number of hydrogen-bond donors (Lipinski definition) is 1. The highest BCUT2D eigenvalue weighted by atomic mass is 16.5. The Kier molecular flexibility index (Phi) is 3.41. The first-order valence-corrected chi connectivity index (χ1v) is 9.22. The fourth-order valence-electron chi connectivity index (χ4n) is 4.75. The van der Waals surface area contributed by atoms with E-state index in [1.807, 2.05) is 18.2 Å². The zero-order chi connectivity index (χ0) is 18.7. The number of benzene rings is 2. The third-order valence-corrected chi connectivity index (χ3v) is 5.93. The number of carbonyl (C=O) groups is 2. The summed E-state index contributed by atoms with van der Waals surface area (Å²) in [4.78, 5) is 31.3. The summed E-state index contributed by atoms with van der Waals surface area (Å²) in [5, 5.41) is 1.15. The van der Waals surface area contributed by atoms with E-state index >= 15 is 0 Å². The van der Waals surface area contributed by atoms with Crippen molar-refractivity contribution in [3.05, 3.63) is 59.8 Å². The molecule has 5 rings (SSSR count). The van der Waals surface area contributed by atoms with Gasteiger partial charge in [-0.25, -0.2) is 4.90 Å². The van der Waals surface area contributed by atoms with Crippen molar-refractivity contribution in [3.8, 4) is 5.75 Å². The highest BCUT2D eigenvalue weighted by Gasteiger charge is 2.53. The topological polar surface area (TPSA) is 62.4 Å². The maximum absolute atomic E-state index is 13.3. The molecule has 1 aromatic heterocycles. The van der Waals surface area contributed by atoms with Gasteiger partial charge >= 0.3 is 0 Å². The molecule has 1 unspecified atom stereocenters. The molecular formula is C22H20N2O3. The Bertz CT molecular complexity index is 1080. The Balaban J connectivity index is 1.65. The van der Waals surface area contributed by atoms with Crippen LogP contribution in [0.3, 0.4) is 0 Å². The normalized spacial score (nSPS) is 24.2. The second-order valence-corrected chi connectivity index (χ2v) is 7.43. The zero-order valence-corrected chi connectivity index (χ0v) is 15.2. The van der Waals surface area contributed by atoms with Gasteiger partial charge in [0, 0.05) is 22.7 Å². The number of fused-ring (bicyclic) bond motifs is 5. The van der Waals surface area contributed by atoms with E-state index in [1.165, 1.54) is 10.5 Å². The van der Waals surface area contributed by atoms with E-state index in [0.717, 1.165) is 16.6 Å². The quantitative estimate of drug-likeness (QED) is 0.704. The van der Waals surface area contributed by atoms with Gasteiger partial charge in [-0.05, 0) is 36.1 Å². The van der Waals surface area contributed by atoms with Gasteiger partial charge in [-0.15, -0.1) is 0 Å². The number of anilines is 1. The van der Waals surface area contributed by atoms with Crippen LogP contribution < -0.4 is 9.64 Å². The van der Waals surface area contributed by atoms with Crippen LogP contribution in [0.25, 0.3) is 10.9 Å². The Hall–Kier alpha value is -3.08. The molecule has 2 amide bonds. The van der Waals surface area contributed by atoms with Crippen molar-refractivity contribution >= 4 is 28.4 Å². The number of rotatable bonds is 2. The van der Waals surface area contributed by atoms with Crippen molar-refractivity contribution < 1.29 is 14.3 Å². The number of nitrogens with one attached hydrogen (secondary N) is 1. The Morgan fingerprint density at radius 3 is 2.70 bits per heavy atom. The molecule has 2 aliphatic rings. The minimum atomic E-state index is -0.442. The van der Waals surface area contributed by atoms with Crippen molar-refractivity contribution in [1.82, 2.24) is 4.98 Å². The number of nitrogens with zero attached hydrogens (tertiary/aromatic N) is 1. The van der Waals surface area contributed by atoms with Crippen LogP contribution >= 0.6 is 0 Å². The van der Waals surface area contributed by atoms with Crippen molar-refractivity contribution in [1.29, 1.82) is 0 Å². The van der Waals surface area contributed by atoms with E-state index in [0.29, 0.717) is 17.9 Å². The summed E-state index contributed by atoms with van der Waals surface area (Å²) in [6.45, 7) is 2.14. The Morgan fingerprint density at radius 1 is 1.07 bits per heavy atom. The summed E-state index contributed by atoms with van der Waals surface area (Å²) in [7, 11) is 1.57. The molecule has 5 nitrogen and oxygen atoms in total. The number of ether oxygens (including phenoxy) is 1. The molecule has 0 spiro atoms. The molecule has 3 aromatic rings. The highest BCUT2D eigenvalue weighted by molar-refractivity contribution is 6.24. The van der Waals surface area contributed by atoms with Crippen molar-refractivity contribution in [2.45, 2.75) is 25.2 Å². The lowest BCUT2D eigenvalue weighted by atomic mass is 9.74. The molecule has 27 heavy (non-hydrogen) atoms. The van der Waals surface area contributed by atoms with Crippen LogP contribution in [0.15, 0.2) is 48.5 Å². The smallest absolute Gasteiger partial charge is 0.243 e. The van der Waals surface area contributed by atoms with Crippen LogP contribution in [0.5, 0.6) is 5.75 Å². The van der Waals surface area contributed by atoms with Gasteiger partial charge in [-0.2, -0.15) is 0 Å². The number of hydrogen-bond acceptors (Lipinski definition) is 3.